The van der Waals surface area contributed by atoms with E-state index >= 15 is 0 Å². The van der Waals surface area contributed by atoms with Crippen molar-refractivity contribution in [3.8, 4) is 0 Å². The van der Waals surface area contributed by atoms with Crippen LogP contribution in [0.1, 0.15) is 29.5 Å². The van der Waals surface area contributed by atoms with Crippen LogP contribution in [-0.2, 0) is 39.3 Å². The van der Waals surface area contributed by atoms with Gasteiger partial charge in [-0.25, -0.2) is 12.8 Å². The zero-order chi connectivity index (χ0) is 24.7. The van der Waals surface area contributed by atoms with Crippen LogP contribution in [0.5, 0.6) is 0 Å². The Kier molecular flexibility index (Phi) is 8.28. The summed E-state index contributed by atoms with van der Waals surface area (Å²) >= 11 is 0. The van der Waals surface area contributed by atoms with Crippen LogP contribution in [0.25, 0.3) is 0 Å². The van der Waals surface area contributed by atoms with Gasteiger partial charge >= 0.3 is 0 Å². The lowest BCUT2D eigenvalue weighted by atomic mass is 9.97. The summed E-state index contributed by atoms with van der Waals surface area (Å²) in [4.78, 5) is 12.9. The van der Waals surface area contributed by atoms with Crippen molar-refractivity contribution in [2.75, 3.05) is 13.1 Å². The van der Waals surface area contributed by atoms with Gasteiger partial charge in [-0.05, 0) is 53.8 Å². The fourth-order valence-electron chi connectivity index (χ4n) is 4.16. The van der Waals surface area contributed by atoms with Crippen molar-refractivity contribution in [1.29, 1.82) is 0 Å². The average Bonchev–Trinajstić information content (AvgIpc) is 2.89. The monoisotopic (exact) mass is 496 g/mol. The molecule has 0 bridgehead atoms. The third kappa shape index (κ3) is 6.54. The van der Waals surface area contributed by atoms with Crippen molar-refractivity contribution < 1.29 is 22.3 Å². The third-order valence-corrected chi connectivity index (χ3v) is 8.13. The lowest BCUT2D eigenvalue weighted by Crippen LogP contribution is -2.42. The minimum Gasteiger partial charge on any atom is -0.372 e. The third-order valence-electron chi connectivity index (χ3n) is 6.22. The van der Waals surface area contributed by atoms with E-state index in [4.69, 9.17) is 4.74 Å². The normalized spacial score (nSPS) is 15.1. The van der Waals surface area contributed by atoms with E-state index in [9.17, 15) is 17.6 Å². The largest absolute Gasteiger partial charge is 0.372 e. The highest BCUT2D eigenvalue weighted by atomic mass is 32.2. The van der Waals surface area contributed by atoms with Crippen LogP contribution in [0.3, 0.4) is 0 Å². The second-order valence-corrected chi connectivity index (χ2v) is 10.5. The van der Waals surface area contributed by atoms with Crippen LogP contribution >= 0.6 is 0 Å². The summed E-state index contributed by atoms with van der Waals surface area (Å²) in [5, 5.41) is 3.00. The molecule has 35 heavy (non-hydrogen) atoms. The Balaban J connectivity index is 1.27. The summed E-state index contributed by atoms with van der Waals surface area (Å²) < 4.78 is 46.0. The molecule has 1 amide bonds. The number of nitrogens with zero attached hydrogens (tertiary/aromatic N) is 1. The van der Waals surface area contributed by atoms with Gasteiger partial charge in [-0.3, -0.25) is 4.79 Å². The fourth-order valence-corrected chi connectivity index (χ4v) is 5.63. The molecule has 1 heterocycles. The van der Waals surface area contributed by atoms with Gasteiger partial charge in [-0.2, -0.15) is 4.31 Å². The minimum absolute atomic E-state index is 0.0629. The van der Waals surface area contributed by atoms with Gasteiger partial charge in [0.05, 0.1) is 18.1 Å². The van der Waals surface area contributed by atoms with Gasteiger partial charge in [0.25, 0.3) is 0 Å². The van der Waals surface area contributed by atoms with E-state index in [1.807, 2.05) is 54.6 Å². The second kappa shape index (κ2) is 11.6. The van der Waals surface area contributed by atoms with Gasteiger partial charge in [-0.1, -0.05) is 54.6 Å². The van der Waals surface area contributed by atoms with Gasteiger partial charge in [0.2, 0.25) is 15.9 Å². The van der Waals surface area contributed by atoms with E-state index in [0.717, 1.165) is 28.8 Å². The van der Waals surface area contributed by atoms with Crippen LogP contribution in [-0.4, -0.2) is 31.7 Å². The number of carbonyl (C=O) groups is 1. The highest BCUT2D eigenvalue weighted by Gasteiger charge is 2.32. The molecule has 0 radical (unpaired) electrons. The first-order chi connectivity index (χ1) is 16.9. The Bertz CT molecular complexity index is 1230. The van der Waals surface area contributed by atoms with Crippen LogP contribution in [0.4, 0.5) is 4.39 Å². The maximum atomic E-state index is 13.1. The van der Waals surface area contributed by atoms with E-state index in [-0.39, 0.29) is 29.8 Å². The van der Waals surface area contributed by atoms with Crippen LogP contribution in [0, 0.1) is 11.7 Å². The quantitative estimate of drug-likeness (QED) is 0.480. The Morgan fingerprint density at radius 1 is 0.886 bits per heavy atom. The number of rotatable bonds is 9. The van der Waals surface area contributed by atoms with E-state index in [2.05, 4.69) is 5.32 Å². The molecule has 184 valence electrons. The lowest BCUT2D eigenvalue weighted by Gasteiger charge is -2.30. The molecule has 0 atom stereocenters. The number of halogens is 1. The van der Waals surface area contributed by atoms with E-state index in [1.54, 1.807) is 0 Å². The molecule has 8 heteroatoms. The standard InChI is InChI=1S/C27H29FN2O4S/c28-25-10-12-26(13-11-25)35(32,33)30-16-14-22(15-17-30)27(31)29-18-23-8-4-5-9-24(23)20-34-19-21-6-2-1-3-7-21/h1-13,22H,14-20H2,(H,29,31). The van der Waals surface area contributed by atoms with E-state index in [1.165, 1.54) is 16.4 Å². The van der Waals surface area contributed by atoms with Crippen molar-refractivity contribution in [3.05, 3.63) is 101 Å². The number of ether oxygens (including phenoxy) is 1. The Morgan fingerprint density at radius 2 is 1.51 bits per heavy atom. The summed E-state index contributed by atoms with van der Waals surface area (Å²) in [6.07, 6.45) is 0.877. The smallest absolute Gasteiger partial charge is 0.243 e. The summed E-state index contributed by atoms with van der Waals surface area (Å²) in [6, 6.07) is 22.6. The first-order valence-corrected chi connectivity index (χ1v) is 13.1. The minimum atomic E-state index is -3.70. The molecule has 3 aromatic carbocycles. The topological polar surface area (TPSA) is 75.7 Å². The molecule has 1 aliphatic rings. The predicted octanol–water partition coefficient (Wildman–Crippen LogP) is 4.26. The molecule has 6 nitrogen and oxygen atoms in total. The van der Waals surface area contributed by atoms with E-state index in [0.29, 0.717) is 32.6 Å². The highest BCUT2D eigenvalue weighted by molar-refractivity contribution is 7.89. The molecule has 1 N–H and O–H groups in total. The second-order valence-electron chi connectivity index (χ2n) is 8.60. The number of amides is 1. The zero-order valence-corrected chi connectivity index (χ0v) is 20.2. The van der Waals surface area contributed by atoms with Crippen LogP contribution in [0.15, 0.2) is 83.8 Å². The highest BCUT2D eigenvalue weighted by Crippen LogP contribution is 2.24. The van der Waals surface area contributed by atoms with E-state index < -0.39 is 15.8 Å². The zero-order valence-electron chi connectivity index (χ0n) is 19.4. The molecular formula is C27H29FN2O4S. The number of hydrogen-bond acceptors (Lipinski definition) is 4. The summed E-state index contributed by atoms with van der Waals surface area (Å²) in [6.45, 7) is 1.85. The molecule has 0 aromatic heterocycles. The van der Waals surface area contributed by atoms with Gasteiger partial charge in [0.1, 0.15) is 5.82 Å². The van der Waals surface area contributed by atoms with Crippen molar-refractivity contribution >= 4 is 15.9 Å². The lowest BCUT2D eigenvalue weighted by molar-refractivity contribution is -0.126. The molecule has 0 aliphatic carbocycles. The van der Waals surface area contributed by atoms with Crippen molar-refractivity contribution in [2.45, 2.75) is 37.5 Å². The maximum absolute atomic E-state index is 13.1. The van der Waals surface area contributed by atoms with Crippen molar-refractivity contribution in [1.82, 2.24) is 9.62 Å². The van der Waals surface area contributed by atoms with Gasteiger partial charge < -0.3 is 10.1 Å². The van der Waals surface area contributed by atoms with Gasteiger partial charge in [0, 0.05) is 25.6 Å². The summed E-state index contributed by atoms with van der Waals surface area (Å²) in [5.41, 5.74) is 3.11. The Hall–Kier alpha value is -3.07. The Labute approximate surface area is 205 Å². The number of carbonyl (C=O) groups excluding carboxylic acids is 1. The van der Waals surface area contributed by atoms with Gasteiger partial charge in [0.15, 0.2) is 0 Å². The maximum Gasteiger partial charge on any atom is 0.243 e. The van der Waals surface area contributed by atoms with Crippen molar-refractivity contribution in [3.63, 3.8) is 0 Å². The molecule has 1 aliphatic heterocycles. The van der Waals surface area contributed by atoms with Crippen LogP contribution < -0.4 is 5.32 Å². The van der Waals surface area contributed by atoms with Crippen LogP contribution in [0.2, 0.25) is 0 Å². The first-order valence-electron chi connectivity index (χ1n) is 11.7. The average molecular weight is 497 g/mol. The number of piperidine rings is 1. The molecule has 0 spiro atoms. The summed E-state index contributed by atoms with van der Waals surface area (Å²) in [5.74, 6) is -0.816. The molecule has 3 aromatic rings. The number of nitrogens with one attached hydrogen (secondary N) is 1. The summed E-state index contributed by atoms with van der Waals surface area (Å²) in [7, 11) is -3.70. The fraction of sp³-hybridized carbons (Fsp3) is 0.296. The SMILES string of the molecule is O=C(NCc1ccccc1COCc1ccccc1)C1CCN(S(=O)(=O)c2ccc(F)cc2)CC1. The molecule has 1 saturated heterocycles. The molecule has 4 rings (SSSR count). The Morgan fingerprint density at radius 3 is 2.20 bits per heavy atom. The number of sulfonamides is 1. The molecule has 0 saturated carbocycles. The van der Waals surface area contributed by atoms with Gasteiger partial charge in [-0.15, -0.1) is 0 Å². The predicted molar refractivity (Wildman–Crippen MR) is 131 cm³/mol. The number of hydrogen-bond donors (Lipinski definition) is 1. The number of benzene rings is 3. The molecular weight excluding hydrogens is 467 g/mol. The van der Waals surface area contributed by atoms with Crippen molar-refractivity contribution in [2.24, 2.45) is 5.92 Å². The first kappa shape index (κ1) is 25.0. The molecule has 1 fully saturated rings. The molecule has 0 unspecified atom stereocenters.